The Labute approximate surface area is 315 Å². The topological polar surface area (TPSA) is 78.9 Å². The third-order valence-corrected chi connectivity index (χ3v) is 9.13. The second kappa shape index (κ2) is 40.4. The molecule has 6 nitrogen and oxygen atoms in total. The van der Waals surface area contributed by atoms with Gasteiger partial charge in [0.2, 0.25) is 0 Å². The first-order valence-corrected chi connectivity index (χ1v) is 21.5. The second-order valence-electron chi connectivity index (χ2n) is 14.2. The average molecular weight is 717 g/mol. The van der Waals surface area contributed by atoms with Gasteiger partial charge in [-0.1, -0.05) is 160 Å². The smallest absolute Gasteiger partial charge is 0.306 e. The van der Waals surface area contributed by atoms with Gasteiger partial charge in [-0.2, -0.15) is 0 Å². The van der Waals surface area contributed by atoms with Crippen molar-refractivity contribution in [3.8, 4) is 0 Å². The maximum absolute atomic E-state index is 12.7. The number of allylic oxidation sites excluding steroid dienone is 6. The summed E-state index contributed by atoms with van der Waals surface area (Å²) in [6, 6.07) is 0. The monoisotopic (exact) mass is 717 g/mol. The molecule has 0 heterocycles. The molecule has 0 rings (SSSR count). The Kier molecular flexibility index (Phi) is 38.5. The lowest BCUT2D eigenvalue weighted by Gasteiger charge is -2.18. The van der Waals surface area contributed by atoms with Gasteiger partial charge >= 0.3 is 17.9 Å². The van der Waals surface area contributed by atoms with Gasteiger partial charge in [-0.25, -0.2) is 0 Å². The third kappa shape index (κ3) is 38.7. The average Bonchev–Trinajstić information content (AvgIpc) is 3.12. The molecule has 0 aromatic heterocycles. The summed E-state index contributed by atoms with van der Waals surface area (Å²) in [4.78, 5) is 37.5. The van der Waals surface area contributed by atoms with Gasteiger partial charge in [0.15, 0.2) is 6.10 Å². The van der Waals surface area contributed by atoms with E-state index in [-0.39, 0.29) is 31.1 Å². The maximum Gasteiger partial charge on any atom is 0.306 e. The van der Waals surface area contributed by atoms with Crippen LogP contribution in [0.25, 0.3) is 0 Å². The summed E-state index contributed by atoms with van der Waals surface area (Å²) in [6.07, 6.45) is 44.2. The summed E-state index contributed by atoms with van der Waals surface area (Å²) >= 11 is 0. The Balaban J connectivity index is 4.40. The molecule has 1 atom stereocenters. The summed E-state index contributed by atoms with van der Waals surface area (Å²) in [5, 5.41) is 0. The molecule has 6 heteroatoms. The molecule has 0 spiro atoms. The van der Waals surface area contributed by atoms with E-state index in [0.717, 1.165) is 77.0 Å². The van der Waals surface area contributed by atoms with Crippen LogP contribution in [0, 0.1) is 0 Å². The van der Waals surface area contributed by atoms with Gasteiger partial charge in [0.05, 0.1) is 0 Å². The summed E-state index contributed by atoms with van der Waals surface area (Å²) in [7, 11) is 0. The van der Waals surface area contributed by atoms with E-state index in [2.05, 4.69) is 57.2 Å². The Morgan fingerprint density at radius 1 is 0.412 bits per heavy atom. The summed E-state index contributed by atoms with van der Waals surface area (Å²) in [6.45, 7) is 6.43. The number of carbonyl (C=O) groups excluding carboxylic acids is 3. The molecule has 51 heavy (non-hydrogen) atoms. The molecule has 0 N–H and O–H groups in total. The molecule has 0 aliphatic heterocycles. The lowest BCUT2D eigenvalue weighted by molar-refractivity contribution is -0.167. The molecule has 0 saturated carbocycles. The molecule has 0 radical (unpaired) electrons. The molecule has 0 bridgehead atoms. The van der Waals surface area contributed by atoms with Crippen molar-refractivity contribution in [1.82, 2.24) is 0 Å². The lowest BCUT2D eigenvalue weighted by atomic mass is 10.0. The van der Waals surface area contributed by atoms with Gasteiger partial charge < -0.3 is 14.2 Å². The molecular formula is C45H80O6. The van der Waals surface area contributed by atoms with Gasteiger partial charge in [-0.3, -0.25) is 14.4 Å². The van der Waals surface area contributed by atoms with E-state index < -0.39 is 6.10 Å². The van der Waals surface area contributed by atoms with Crippen LogP contribution in [-0.4, -0.2) is 37.2 Å². The SMILES string of the molecule is CC/C=C\C/C=C\CCCCC(=O)OCC(COC(=O)CCCCCCC/C=C\CCCCC)OC(=O)CCCCCCCCCCCCCC. The minimum absolute atomic E-state index is 0.0852. The van der Waals surface area contributed by atoms with Crippen LogP contribution in [0.5, 0.6) is 0 Å². The first-order chi connectivity index (χ1) is 25.0. The molecule has 0 aromatic carbocycles. The quantitative estimate of drug-likeness (QED) is 0.0274. The van der Waals surface area contributed by atoms with Crippen LogP contribution in [0.2, 0.25) is 0 Å². The van der Waals surface area contributed by atoms with Crippen LogP contribution in [0.15, 0.2) is 36.5 Å². The molecule has 1 unspecified atom stereocenters. The summed E-state index contributed by atoms with van der Waals surface area (Å²) < 4.78 is 16.6. The molecule has 0 amide bonds. The fourth-order valence-corrected chi connectivity index (χ4v) is 5.88. The van der Waals surface area contributed by atoms with Crippen LogP contribution in [0.3, 0.4) is 0 Å². The van der Waals surface area contributed by atoms with Crippen molar-refractivity contribution in [2.75, 3.05) is 13.2 Å². The van der Waals surface area contributed by atoms with E-state index in [4.69, 9.17) is 14.2 Å². The van der Waals surface area contributed by atoms with Crippen LogP contribution in [0.1, 0.15) is 213 Å². The number of rotatable bonds is 38. The van der Waals surface area contributed by atoms with Gasteiger partial charge in [-0.05, 0) is 70.6 Å². The van der Waals surface area contributed by atoms with Crippen molar-refractivity contribution in [3.63, 3.8) is 0 Å². The van der Waals surface area contributed by atoms with E-state index in [0.29, 0.717) is 19.3 Å². The molecule has 0 fully saturated rings. The van der Waals surface area contributed by atoms with Crippen molar-refractivity contribution >= 4 is 17.9 Å². The van der Waals surface area contributed by atoms with Crippen LogP contribution < -0.4 is 0 Å². The number of hydrogen-bond donors (Lipinski definition) is 0. The first kappa shape index (κ1) is 48.6. The Hall–Kier alpha value is -2.37. The molecule has 0 aliphatic rings. The summed E-state index contributed by atoms with van der Waals surface area (Å²) in [5.41, 5.74) is 0. The highest BCUT2D eigenvalue weighted by molar-refractivity contribution is 5.71. The fraction of sp³-hybridized carbons (Fsp3) is 0.800. The largest absolute Gasteiger partial charge is 0.462 e. The van der Waals surface area contributed by atoms with E-state index in [1.807, 2.05) is 0 Å². The van der Waals surface area contributed by atoms with Crippen molar-refractivity contribution < 1.29 is 28.6 Å². The Morgan fingerprint density at radius 2 is 0.765 bits per heavy atom. The van der Waals surface area contributed by atoms with E-state index >= 15 is 0 Å². The minimum atomic E-state index is -0.781. The second-order valence-corrected chi connectivity index (χ2v) is 14.2. The first-order valence-electron chi connectivity index (χ1n) is 21.5. The zero-order chi connectivity index (χ0) is 37.3. The van der Waals surface area contributed by atoms with Gasteiger partial charge in [0.25, 0.3) is 0 Å². The van der Waals surface area contributed by atoms with Crippen molar-refractivity contribution in [2.24, 2.45) is 0 Å². The van der Waals surface area contributed by atoms with Crippen molar-refractivity contribution in [1.29, 1.82) is 0 Å². The normalized spacial score (nSPS) is 12.3. The van der Waals surface area contributed by atoms with Crippen molar-refractivity contribution in [3.05, 3.63) is 36.5 Å². The minimum Gasteiger partial charge on any atom is -0.462 e. The van der Waals surface area contributed by atoms with Gasteiger partial charge in [0.1, 0.15) is 13.2 Å². The predicted octanol–water partition coefficient (Wildman–Crippen LogP) is 13.4. The zero-order valence-corrected chi connectivity index (χ0v) is 33.6. The number of ether oxygens (including phenoxy) is 3. The van der Waals surface area contributed by atoms with Crippen LogP contribution in [0.4, 0.5) is 0 Å². The van der Waals surface area contributed by atoms with E-state index in [1.165, 1.54) is 96.3 Å². The fourth-order valence-electron chi connectivity index (χ4n) is 5.88. The third-order valence-electron chi connectivity index (χ3n) is 9.13. The summed E-state index contributed by atoms with van der Waals surface area (Å²) in [5.74, 6) is -0.933. The van der Waals surface area contributed by atoms with Crippen molar-refractivity contribution in [2.45, 2.75) is 219 Å². The number of unbranched alkanes of at least 4 members (excludes halogenated alkanes) is 21. The zero-order valence-electron chi connectivity index (χ0n) is 33.6. The lowest BCUT2D eigenvalue weighted by Crippen LogP contribution is -2.30. The number of esters is 3. The molecular weight excluding hydrogens is 636 g/mol. The van der Waals surface area contributed by atoms with Gasteiger partial charge in [0, 0.05) is 19.3 Å². The molecule has 0 aliphatic carbocycles. The van der Waals surface area contributed by atoms with Crippen LogP contribution >= 0.6 is 0 Å². The highest BCUT2D eigenvalue weighted by Crippen LogP contribution is 2.14. The number of hydrogen-bond acceptors (Lipinski definition) is 6. The van der Waals surface area contributed by atoms with Crippen LogP contribution in [-0.2, 0) is 28.6 Å². The van der Waals surface area contributed by atoms with Gasteiger partial charge in [-0.15, -0.1) is 0 Å². The highest BCUT2D eigenvalue weighted by atomic mass is 16.6. The Morgan fingerprint density at radius 3 is 1.27 bits per heavy atom. The molecule has 0 saturated heterocycles. The standard InChI is InChI=1S/C45H80O6/c1-4-7-10-13-16-19-21-23-26-29-32-35-38-44(47)50-41-42(40-49-43(46)37-34-31-28-25-18-15-12-9-6-3)51-45(48)39-36-33-30-27-24-22-20-17-14-11-8-5-2/h9,12,16,18-19,25,42H,4-8,10-11,13-15,17,20-24,26-41H2,1-3H3/b12-9-,19-16-,25-18-. The molecule has 296 valence electrons. The molecule has 0 aromatic rings. The van der Waals surface area contributed by atoms with E-state index in [1.54, 1.807) is 0 Å². The number of carbonyl (C=O) groups is 3. The highest BCUT2D eigenvalue weighted by Gasteiger charge is 2.19. The van der Waals surface area contributed by atoms with E-state index in [9.17, 15) is 14.4 Å². The predicted molar refractivity (Wildman–Crippen MR) is 215 cm³/mol. The maximum atomic E-state index is 12.7. The Bertz CT molecular complexity index is 876.